The van der Waals surface area contributed by atoms with Crippen LogP contribution in [0.25, 0.3) is 0 Å². The summed E-state index contributed by atoms with van der Waals surface area (Å²) in [6, 6.07) is 0. The van der Waals surface area contributed by atoms with Crippen LogP contribution in [0.2, 0.25) is 0 Å². The van der Waals surface area contributed by atoms with Gasteiger partial charge in [-0.05, 0) is 6.92 Å². The highest BCUT2D eigenvalue weighted by Crippen LogP contribution is 2.11. The highest BCUT2D eigenvalue weighted by Gasteiger charge is 2.10. The number of aromatic nitrogens is 2. The molecule has 1 heterocycles. The summed E-state index contributed by atoms with van der Waals surface area (Å²) in [6.07, 6.45) is 1.09. The summed E-state index contributed by atoms with van der Waals surface area (Å²) >= 11 is 0. The Bertz CT molecular complexity index is 370. The maximum absolute atomic E-state index is 11.1. The molecule has 0 saturated heterocycles. The van der Waals surface area contributed by atoms with Gasteiger partial charge >= 0.3 is 5.97 Å². The first kappa shape index (κ1) is 10.2. The van der Waals surface area contributed by atoms with E-state index >= 15 is 0 Å². The zero-order valence-electron chi connectivity index (χ0n) is 7.94. The second-order valence-corrected chi connectivity index (χ2v) is 2.92. The van der Waals surface area contributed by atoms with Gasteiger partial charge in [-0.3, -0.25) is 14.3 Å². The molecular formula is C8H11N3O3. The van der Waals surface area contributed by atoms with Crippen molar-refractivity contribution >= 4 is 17.6 Å². The van der Waals surface area contributed by atoms with Gasteiger partial charge in [0, 0.05) is 13.2 Å². The summed E-state index contributed by atoms with van der Waals surface area (Å²) in [6.45, 7) is 1.73. The molecule has 6 heteroatoms. The third kappa shape index (κ3) is 2.58. The summed E-state index contributed by atoms with van der Waals surface area (Å²) < 4.78 is 1.55. The van der Waals surface area contributed by atoms with Crippen LogP contribution in [-0.2, 0) is 16.6 Å². The fourth-order valence-electron chi connectivity index (χ4n) is 1.05. The zero-order chi connectivity index (χ0) is 10.7. The number of aryl methyl sites for hydroxylation is 2. The number of nitrogens with one attached hydrogen (secondary N) is 1. The molecule has 0 aliphatic heterocycles. The first-order valence-electron chi connectivity index (χ1n) is 4.01. The lowest BCUT2D eigenvalue weighted by molar-refractivity contribution is -0.139. The number of carbonyl (C=O) groups excluding carboxylic acids is 1. The van der Waals surface area contributed by atoms with E-state index in [4.69, 9.17) is 5.11 Å². The van der Waals surface area contributed by atoms with Gasteiger partial charge in [0.1, 0.15) is 6.42 Å². The van der Waals surface area contributed by atoms with Crippen molar-refractivity contribution in [2.24, 2.45) is 7.05 Å². The second kappa shape index (κ2) is 3.91. The van der Waals surface area contributed by atoms with Crippen molar-refractivity contribution in [1.82, 2.24) is 9.78 Å². The van der Waals surface area contributed by atoms with Crippen molar-refractivity contribution in [1.29, 1.82) is 0 Å². The second-order valence-electron chi connectivity index (χ2n) is 2.92. The number of amides is 1. The maximum Gasteiger partial charge on any atom is 0.312 e. The highest BCUT2D eigenvalue weighted by atomic mass is 16.4. The van der Waals surface area contributed by atoms with E-state index < -0.39 is 18.3 Å². The van der Waals surface area contributed by atoms with E-state index in [9.17, 15) is 9.59 Å². The molecule has 1 aromatic heterocycles. The van der Waals surface area contributed by atoms with Crippen LogP contribution in [0.5, 0.6) is 0 Å². The third-order valence-corrected chi connectivity index (χ3v) is 1.60. The molecule has 0 bridgehead atoms. The number of hydrogen-bond acceptors (Lipinski definition) is 3. The van der Waals surface area contributed by atoms with Crippen LogP contribution < -0.4 is 5.32 Å². The van der Waals surface area contributed by atoms with Crippen molar-refractivity contribution in [2.45, 2.75) is 13.3 Å². The average molecular weight is 197 g/mol. The molecule has 76 valence electrons. The molecule has 0 fully saturated rings. The van der Waals surface area contributed by atoms with Crippen molar-refractivity contribution < 1.29 is 14.7 Å². The average Bonchev–Trinajstić information content (AvgIpc) is 2.28. The van der Waals surface area contributed by atoms with Gasteiger partial charge in [0.15, 0.2) is 0 Å². The van der Waals surface area contributed by atoms with Gasteiger partial charge in [-0.25, -0.2) is 0 Å². The van der Waals surface area contributed by atoms with Crippen molar-refractivity contribution in [2.75, 3.05) is 5.32 Å². The van der Waals surface area contributed by atoms with Gasteiger partial charge in [-0.1, -0.05) is 0 Å². The normalized spacial score (nSPS) is 9.86. The Morgan fingerprint density at radius 3 is 2.71 bits per heavy atom. The molecule has 6 nitrogen and oxygen atoms in total. The fraction of sp³-hybridized carbons (Fsp3) is 0.375. The van der Waals surface area contributed by atoms with Gasteiger partial charge in [0.2, 0.25) is 5.91 Å². The Morgan fingerprint density at radius 1 is 1.64 bits per heavy atom. The Kier molecular flexibility index (Phi) is 2.85. The number of rotatable bonds is 3. The molecule has 0 aromatic carbocycles. The van der Waals surface area contributed by atoms with Gasteiger partial charge < -0.3 is 10.4 Å². The molecule has 14 heavy (non-hydrogen) atoms. The Morgan fingerprint density at radius 2 is 2.29 bits per heavy atom. The van der Waals surface area contributed by atoms with E-state index in [2.05, 4.69) is 10.4 Å². The van der Waals surface area contributed by atoms with E-state index in [-0.39, 0.29) is 0 Å². The minimum atomic E-state index is -1.15. The molecule has 1 amide bonds. The van der Waals surface area contributed by atoms with Crippen LogP contribution in [-0.4, -0.2) is 26.8 Å². The number of aliphatic carboxylic acids is 1. The van der Waals surface area contributed by atoms with Crippen LogP contribution in [0.4, 0.5) is 5.69 Å². The van der Waals surface area contributed by atoms with Gasteiger partial charge in [-0.2, -0.15) is 5.10 Å². The molecular weight excluding hydrogens is 186 g/mol. The topological polar surface area (TPSA) is 84.2 Å². The lowest BCUT2D eigenvalue weighted by Crippen LogP contribution is -2.16. The molecule has 0 spiro atoms. The third-order valence-electron chi connectivity index (χ3n) is 1.60. The van der Waals surface area contributed by atoms with E-state index in [1.807, 2.05) is 0 Å². The maximum atomic E-state index is 11.1. The standard InChI is InChI=1S/C8H11N3O3/c1-5-6(4-11(2)10-5)9-7(12)3-8(13)14/h4H,3H2,1-2H3,(H,9,12)(H,13,14). The molecule has 1 aromatic rings. The molecule has 0 aliphatic rings. The quantitative estimate of drug-likeness (QED) is 0.675. The monoisotopic (exact) mass is 197 g/mol. The van der Waals surface area contributed by atoms with Crippen LogP contribution in [0, 0.1) is 6.92 Å². The number of nitrogens with zero attached hydrogens (tertiary/aromatic N) is 2. The van der Waals surface area contributed by atoms with Gasteiger partial charge in [-0.15, -0.1) is 0 Å². The first-order valence-corrected chi connectivity index (χ1v) is 4.01. The number of hydrogen-bond donors (Lipinski definition) is 2. The molecule has 0 unspecified atom stereocenters. The minimum absolute atomic E-state index is 0.533. The van der Waals surface area contributed by atoms with Crippen LogP contribution in [0.1, 0.15) is 12.1 Å². The predicted octanol–water partition coefficient (Wildman–Crippen LogP) is 0.142. The Hall–Kier alpha value is -1.85. The molecule has 0 atom stereocenters. The van der Waals surface area contributed by atoms with E-state index in [0.29, 0.717) is 11.4 Å². The molecule has 0 aliphatic carbocycles. The number of carboxylic acids is 1. The van der Waals surface area contributed by atoms with E-state index in [1.165, 1.54) is 0 Å². The summed E-state index contributed by atoms with van der Waals surface area (Å²) in [5.41, 5.74) is 1.20. The predicted molar refractivity (Wildman–Crippen MR) is 48.8 cm³/mol. The highest BCUT2D eigenvalue weighted by molar-refractivity contribution is 6.01. The van der Waals surface area contributed by atoms with Crippen LogP contribution in [0.15, 0.2) is 6.20 Å². The summed E-state index contributed by atoms with van der Waals surface area (Å²) in [4.78, 5) is 21.3. The number of carboxylic acid groups (broad SMARTS) is 1. The summed E-state index contributed by atoms with van der Waals surface area (Å²) in [5, 5.41) is 14.8. The zero-order valence-corrected chi connectivity index (χ0v) is 7.94. The Labute approximate surface area is 80.5 Å². The van der Waals surface area contributed by atoms with Gasteiger partial charge in [0.25, 0.3) is 0 Å². The molecule has 0 saturated carbocycles. The van der Waals surface area contributed by atoms with Crippen LogP contribution >= 0.6 is 0 Å². The van der Waals surface area contributed by atoms with Crippen molar-refractivity contribution in [3.8, 4) is 0 Å². The SMILES string of the molecule is Cc1nn(C)cc1NC(=O)CC(=O)O. The lowest BCUT2D eigenvalue weighted by atomic mass is 10.3. The van der Waals surface area contributed by atoms with Crippen molar-refractivity contribution in [3.63, 3.8) is 0 Å². The summed E-state index contributed by atoms with van der Waals surface area (Å²) in [7, 11) is 1.72. The minimum Gasteiger partial charge on any atom is -0.481 e. The molecule has 2 N–H and O–H groups in total. The van der Waals surface area contributed by atoms with E-state index in [1.54, 1.807) is 24.9 Å². The number of anilines is 1. The molecule has 0 radical (unpaired) electrons. The Balaban J connectivity index is 2.64. The summed E-state index contributed by atoms with van der Waals surface area (Å²) in [5.74, 6) is -1.70. The van der Waals surface area contributed by atoms with Crippen LogP contribution in [0.3, 0.4) is 0 Å². The smallest absolute Gasteiger partial charge is 0.312 e. The largest absolute Gasteiger partial charge is 0.481 e. The lowest BCUT2D eigenvalue weighted by Gasteiger charge is -1.99. The fourth-order valence-corrected chi connectivity index (χ4v) is 1.05. The van der Waals surface area contributed by atoms with Crippen molar-refractivity contribution in [3.05, 3.63) is 11.9 Å². The number of carbonyl (C=O) groups is 2. The molecule has 1 rings (SSSR count). The van der Waals surface area contributed by atoms with Gasteiger partial charge in [0.05, 0.1) is 11.4 Å². The van der Waals surface area contributed by atoms with E-state index in [0.717, 1.165) is 0 Å². The first-order chi connectivity index (χ1) is 6.49.